The van der Waals surface area contributed by atoms with Gasteiger partial charge < -0.3 is 14.9 Å². The van der Waals surface area contributed by atoms with Gasteiger partial charge in [0.05, 0.1) is 25.2 Å². The van der Waals surface area contributed by atoms with E-state index in [4.69, 9.17) is 9.84 Å². The lowest BCUT2D eigenvalue weighted by Gasteiger charge is -2.12. The van der Waals surface area contributed by atoms with Crippen LogP contribution in [0.1, 0.15) is 32.6 Å². The van der Waals surface area contributed by atoms with E-state index >= 15 is 0 Å². The number of rotatable bonds is 8. The molecule has 0 bridgehead atoms. The van der Waals surface area contributed by atoms with E-state index in [1.165, 1.54) is 6.08 Å². The summed E-state index contributed by atoms with van der Waals surface area (Å²) in [7, 11) is 0. The average molecular weight is 216 g/mol. The Morgan fingerprint density at radius 2 is 2.20 bits per heavy atom. The highest BCUT2D eigenvalue weighted by atomic mass is 16.5. The molecule has 15 heavy (non-hydrogen) atoms. The van der Waals surface area contributed by atoms with Crippen LogP contribution in [0.5, 0.6) is 0 Å². The fourth-order valence-corrected chi connectivity index (χ4v) is 1.04. The summed E-state index contributed by atoms with van der Waals surface area (Å²) in [6.07, 6.45) is 1.52. The van der Waals surface area contributed by atoms with Crippen LogP contribution in [0, 0.1) is 0 Å². The van der Waals surface area contributed by atoms with Crippen LogP contribution >= 0.6 is 0 Å². The fourth-order valence-electron chi connectivity index (χ4n) is 1.04. The van der Waals surface area contributed by atoms with Gasteiger partial charge in [0.2, 0.25) is 0 Å². The van der Waals surface area contributed by atoms with Crippen LogP contribution in [0.2, 0.25) is 0 Å². The lowest BCUT2D eigenvalue weighted by atomic mass is 10.1. The van der Waals surface area contributed by atoms with Crippen LogP contribution in [-0.2, 0) is 9.53 Å². The Morgan fingerprint density at radius 1 is 1.53 bits per heavy atom. The summed E-state index contributed by atoms with van der Waals surface area (Å²) in [6, 6.07) is 0. The molecule has 0 amide bonds. The lowest BCUT2D eigenvalue weighted by Crippen LogP contribution is -2.20. The Bertz CT molecular complexity index is 191. The molecule has 2 N–H and O–H groups in total. The van der Waals surface area contributed by atoms with E-state index in [0.717, 1.165) is 12.8 Å². The van der Waals surface area contributed by atoms with Crippen LogP contribution in [-0.4, -0.2) is 35.0 Å². The number of carbonyl (C=O) groups excluding carboxylic acids is 1. The van der Waals surface area contributed by atoms with Gasteiger partial charge in [0.1, 0.15) is 0 Å². The first-order valence-electron chi connectivity index (χ1n) is 5.24. The highest BCUT2D eigenvalue weighted by Gasteiger charge is 2.14. The Hall–Kier alpha value is -0.870. The zero-order valence-electron chi connectivity index (χ0n) is 9.19. The van der Waals surface area contributed by atoms with Crippen molar-refractivity contribution in [1.82, 2.24) is 0 Å². The molecule has 0 aliphatic carbocycles. The summed E-state index contributed by atoms with van der Waals surface area (Å²) in [4.78, 5) is 11.1. The topological polar surface area (TPSA) is 66.8 Å². The van der Waals surface area contributed by atoms with Crippen LogP contribution in [0.25, 0.3) is 0 Å². The highest BCUT2D eigenvalue weighted by Crippen LogP contribution is 2.04. The molecular formula is C11H20O4. The summed E-state index contributed by atoms with van der Waals surface area (Å²) in [6.45, 7) is 5.77. The molecule has 0 heterocycles. The third-order valence-corrected chi connectivity index (χ3v) is 1.95. The summed E-state index contributed by atoms with van der Waals surface area (Å²) < 4.78 is 4.86. The second-order valence-electron chi connectivity index (χ2n) is 3.47. The summed E-state index contributed by atoms with van der Waals surface area (Å²) >= 11 is 0. The molecule has 0 aromatic heterocycles. The molecular weight excluding hydrogens is 196 g/mol. The molecule has 0 rings (SSSR count). The third-order valence-electron chi connectivity index (χ3n) is 1.95. The maximum absolute atomic E-state index is 11.1. The Kier molecular flexibility index (Phi) is 7.95. The summed E-state index contributed by atoms with van der Waals surface area (Å²) in [5, 5.41) is 18.5. The van der Waals surface area contributed by atoms with Crippen molar-refractivity contribution in [3.8, 4) is 0 Å². The van der Waals surface area contributed by atoms with E-state index in [0.29, 0.717) is 6.61 Å². The van der Waals surface area contributed by atoms with Gasteiger partial charge in [-0.2, -0.15) is 0 Å². The van der Waals surface area contributed by atoms with Crippen molar-refractivity contribution < 1.29 is 19.7 Å². The molecule has 0 fully saturated rings. The average Bonchev–Trinajstić information content (AvgIpc) is 2.17. The van der Waals surface area contributed by atoms with Crippen LogP contribution < -0.4 is 0 Å². The molecule has 0 saturated heterocycles. The third kappa shape index (κ3) is 8.15. The Balaban J connectivity index is 3.61. The van der Waals surface area contributed by atoms with Crippen molar-refractivity contribution >= 4 is 5.97 Å². The van der Waals surface area contributed by atoms with Gasteiger partial charge in [0, 0.05) is 6.42 Å². The number of hydrogen-bond acceptors (Lipinski definition) is 4. The van der Waals surface area contributed by atoms with Gasteiger partial charge in [0.25, 0.3) is 0 Å². The number of unbranched alkanes of at least 4 members (excludes halogenated alkanes) is 1. The number of ether oxygens (including phenoxy) is 1. The van der Waals surface area contributed by atoms with Gasteiger partial charge in [0.15, 0.2) is 0 Å². The number of carbonyl (C=O) groups is 1. The molecule has 0 saturated carbocycles. The van der Waals surface area contributed by atoms with E-state index in [9.17, 15) is 9.90 Å². The van der Waals surface area contributed by atoms with Gasteiger partial charge >= 0.3 is 5.97 Å². The maximum atomic E-state index is 11.1. The predicted octanol–water partition coefficient (Wildman–Crippen LogP) is 1.02. The highest BCUT2D eigenvalue weighted by molar-refractivity contribution is 5.69. The standard InChI is InChI=1S/C11H20O4/c1-3-5-6-15-11(14)8-10(13)7-9(12)4-2/h4,9-10,12-13H,2-3,5-8H2,1H3/t9-,10-/m1/s1. The van der Waals surface area contributed by atoms with Crippen molar-refractivity contribution in [1.29, 1.82) is 0 Å². The zero-order valence-corrected chi connectivity index (χ0v) is 9.19. The molecule has 0 unspecified atom stereocenters. The number of aliphatic hydroxyl groups excluding tert-OH is 2. The van der Waals surface area contributed by atoms with Crippen LogP contribution in [0.3, 0.4) is 0 Å². The van der Waals surface area contributed by atoms with E-state index in [1.807, 2.05) is 6.92 Å². The van der Waals surface area contributed by atoms with Gasteiger partial charge in [-0.1, -0.05) is 19.4 Å². The largest absolute Gasteiger partial charge is 0.466 e. The Morgan fingerprint density at radius 3 is 2.73 bits per heavy atom. The molecule has 0 aliphatic rings. The van der Waals surface area contributed by atoms with Crippen molar-refractivity contribution in [2.24, 2.45) is 0 Å². The quantitative estimate of drug-likeness (QED) is 0.361. The Labute approximate surface area is 90.6 Å². The van der Waals surface area contributed by atoms with E-state index in [1.54, 1.807) is 0 Å². The minimum atomic E-state index is -0.868. The molecule has 0 aromatic rings. The van der Waals surface area contributed by atoms with Gasteiger partial charge in [-0.3, -0.25) is 4.79 Å². The van der Waals surface area contributed by atoms with Crippen LogP contribution in [0.4, 0.5) is 0 Å². The monoisotopic (exact) mass is 216 g/mol. The first kappa shape index (κ1) is 14.1. The van der Waals surface area contributed by atoms with Gasteiger partial charge in [-0.05, 0) is 6.42 Å². The number of hydrogen-bond donors (Lipinski definition) is 2. The van der Waals surface area contributed by atoms with Crippen molar-refractivity contribution in [2.45, 2.75) is 44.8 Å². The molecule has 2 atom stereocenters. The summed E-state index contributed by atoms with van der Waals surface area (Å²) in [5.74, 6) is -0.424. The normalized spacial score (nSPS) is 14.3. The molecule has 0 radical (unpaired) electrons. The van der Waals surface area contributed by atoms with Crippen molar-refractivity contribution in [2.75, 3.05) is 6.61 Å². The predicted molar refractivity (Wildman–Crippen MR) is 57.3 cm³/mol. The van der Waals surface area contributed by atoms with E-state index in [-0.39, 0.29) is 12.8 Å². The molecule has 0 spiro atoms. The fraction of sp³-hybridized carbons (Fsp3) is 0.727. The minimum Gasteiger partial charge on any atom is -0.466 e. The van der Waals surface area contributed by atoms with Crippen LogP contribution in [0.15, 0.2) is 12.7 Å². The summed E-state index contributed by atoms with van der Waals surface area (Å²) in [5.41, 5.74) is 0. The smallest absolute Gasteiger partial charge is 0.308 e. The molecule has 4 heteroatoms. The first-order valence-corrected chi connectivity index (χ1v) is 5.24. The maximum Gasteiger partial charge on any atom is 0.308 e. The van der Waals surface area contributed by atoms with E-state index < -0.39 is 18.2 Å². The lowest BCUT2D eigenvalue weighted by molar-refractivity contribution is -0.146. The van der Waals surface area contributed by atoms with Crippen molar-refractivity contribution in [3.05, 3.63) is 12.7 Å². The molecule has 0 aliphatic heterocycles. The first-order chi connectivity index (χ1) is 7.10. The minimum absolute atomic E-state index is 0.0748. The van der Waals surface area contributed by atoms with Gasteiger partial charge in [-0.15, -0.1) is 6.58 Å². The second-order valence-corrected chi connectivity index (χ2v) is 3.47. The van der Waals surface area contributed by atoms with Gasteiger partial charge in [-0.25, -0.2) is 0 Å². The SMILES string of the molecule is C=C[C@@H](O)C[C@@H](O)CC(=O)OCCCC. The molecule has 0 aromatic carbocycles. The second kappa shape index (κ2) is 8.44. The molecule has 4 nitrogen and oxygen atoms in total. The number of aliphatic hydroxyl groups is 2. The number of esters is 1. The van der Waals surface area contributed by atoms with E-state index in [2.05, 4.69) is 6.58 Å². The molecule has 88 valence electrons. The van der Waals surface area contributed by atoms with Crippen molar-refractivity contribution in [3.63, 3.8) is 0 Å². The zero-order chi connectivity index (χ0) is 11.7.